The van der Waals surface area contributed by atoms with Crippen molar-refractivity contribution in [1.82, 2.24) is 4.90 Å². The first-order valence-electron chi connectivity index (χ1n) is 5.39. The summed E-state index contributed by atoms with van der Waals surface area (Å²) in [6, 6.07) is 0. The molecule has 0 atom stereocenters. The number of carboxylic acid groups (broad SMARTS) is 1. The molecule has 0 amide bonds. The fourth-order valence-electron chi connectivity index (χ4n) is 1.27. The number of unbranched alkanes of at least 4 members (excludes halogenated alkanes) is 2. The van der Waals surface area contributed by atoms with E-state index in [9.17, 15) is 13.2 Å². The van der Waals surface area contributed by atoms with Crippen molar-refractivity contribution >= 4 is 15.8 Å². The molecule has 0 unspecified atom stereocenters. The average Bonchev–Trinajstić information content (AvgIpc) is 2.12. The van der Waals surface area contributed by atoms with Crippen LogP contribution in [0.15, 0.2) is 0 Å². The fourth-order valence-corrected chi connectivity index (χ4v) is 1.91. The summed E-state index contributed by atoms with van der Waals surface area (Å²) in [7, 11) is -1.01. The summed E-state index contributed by atoms with van der Waals surface area (Å²) in [6.07, 6.45) is 3.92. The molecule has 0 aromatic carbocycles. The van der Waals surface area contributed by atoms with Crippen molar-refractivity contribution in [2.75, 3.05) is 32.1 Å². The molecule has 0 saturated carbocycles. The number of sulfone groups is 1. The summed E-state index contributed by atoms with van der Waals surface area (Å²) in [5, 5.41) is 8.42. The highest BCUT2D eigenvalue weighted by Gasteiger charge is 2.05. The first-order valence-corrected chi connectivity index (χ1v) is 7.45. The Morgan fingerprint density at radius 3 is 2.31 bits per heavy atom. The highest BCUT2D eigenvalue weighted by molar-refractivity contribution is 7.90. The zero-order valence-corrected chi connectivity index (χ0v) is 10.8. The third kappa shape index (κ3) is 11.5. The maximum Gasteiger partial charge on any atom is 0.303 e. The van der Waals surface area contributed by atoms with Gasteiger partial charge in [-0.25, -0.2) is 8.42 Å². The third-order valence-corrected chi connectivity index (χ3v) is 3.20. The van der Waals surface area contributed by atoms with Crippen LogP contribution in [0.1, 0.15) is 25.7 Å². The van der Waals surface area contributed by atoms with Crippen LogP contribution in [0, 0.1) is 0 Å². The molecule has 16 heavy (non-hydrogen) atoms. The second-order valence-corrected chi connectivity index (χ2v) is 6.40. The topological polar surface area (TPSA) is 74.7 Å². The van der Waals surface area contributed by atoms with Crippen LogP contribution in [0.25, 0.3) is 0 Å². The van der Waals surface area contributed by atoms with Crippen LogP contribution in [0.5, 0.6) is 0 Å². The van der Waals surface area contributed by atoms with Crippen molar-refractivity contribution in [3.05, 3.63) is 0 Å². The number of nitrogens with zero attached hydrogens (tertiary/aromatic N) is 1. The molecule has 1 N–H and O–H groups in total. The third-order valence-electron chi connectivity index (χ3n) is 2.27. The number of carbonyl (C=O) groups is 1. The molecule has 0 radical (unpaired) electrons. The quantitative estimate of drug-likeness (QED) is 0.608. The number of rotatable bonds is 9. The van der Waals surface area contributed by atoms with Crippen LogP contribution in [-0.4, -0.2) is 56.5 Å². The van der Waals surface area contributed by atoms with E-state index in [2.05, 4.69) is 0 Å². The molecule has 0 aromatic rings. The Balaban J connectivity index is 3.44. The number of hydrogen-bond acceptors (Lipinski definition) is 4. The lowest BCUT2D eigenvalue weighted by atomic mass is 10.2. The fraction of sp³-hybridized carbons (Fsp3) is 0.900. The summed E-state index contributed by atoms with van der Waals surface area (Å²) in [6.45, 7) is 1.35. The molecule has 0 spiro atoms. The van der Waals surface area contributed by atoms with Gasteiger partial charge in [0.05, 0.1) is 5.75 Å². The second-order valence-electron chi connectivity index (χ2n) is 4.14. The van der Waals surface area contributed by atoms with Gasteiger partial charge in [-0.05, 0) is 26.4 Å². The zero-order chi connectivity index (χ0) is 12.6. The van der Waals surface area contributed by atoms with E-state index in [0.717, 1.165) is 19.4 Å². The Labute approximate surface area is 97.4 Å². The first-order chi connectivity index (χ1) is 7.31. The van der Waals surface area contributed by atoms with Crippen LogP contribution >= 0.6 is 0 Å². The zero-order valence-electron chi connectivity index (χ0n) is 9.98. The van der Waals surface area contributed by atoms with Crippen LogP contribution in [0.2, 0.25) is 0 Å². The lowest BCUT2D eigenvalue weighted by Crippen LogP contribution is -2.26. The molecule has 0 rings (SSSR count). The maximum absolute atomic E-state index is 10.9. The summed E-state index contributed by atoms with van der Waals surface area (Å²) < 4.78 is 21.8. The SMILES string of the molecule is CN(CCCCCC(=O)O)CCS(C)(=O)=O. The molecule has 0 aliphatic carbocycles. The first kappa shape index (κ1) is 15.4. The summed E-state index contributed by atoms with van der Waals surface area (Å²) in [5.74, 6) is -0.580. The van der Waals surface area contributed by atoms with Crippen LogP contribution in [0.4, 0.5) is 0 Å². The molecule has 0 aliphatic heterocycles. The lowest BCUT2D eigenvalue weighted by molar-refractivity contribution is -0.137. The van der Waals surface area contributed by atoms with Gasteiger partial charge >= 0.3 is 5.97 Å². The highest BCUT2D eigenvalue weighted by atomic mass is 32.2. The van der Waals surface area contributed by atoms with Gasteiger partial charge in [-0.3, -0.25) is 4.79 Å². The lowest BCUT2D eigenvalue weighted by Gasteiger charge is -2.15. The summed E-state index contributed by atoms with van der Waals surface area (Å²) >= 11 is 0. The Morgan fingerprint density at radius 2 is 1.81 bits per heavy atom. The molecule has 96 valence electrons. The molecule has 0 aromatic heterocycles. The minimum Gasteiger partial charge on any atom is -0.481 e. The smallest absolute Gasteiger partial charge is 0.303 e. The van der Waals surface area contributed by atoms with Crippen LogP contribution in [-0.2, 0) is 14.6 Å². The van der Waals surface area contributed by atoms with E-state index in [1.807, 2.05) is 11.9 Å². The van der Waals surface area contributed by atoms with Gasteiger partial charge in [0.2, 0.25) is 0 Å². The predicted octanol–water partition coefficient (Wildman–Crippen LogP) is 0.608. The number of aliphatic carboxylic acids is 1. The normalized spacial score (nSPS) is 11.9. The molecular weight excluding hydrogens is 230 g/mol. The van der Waals surface area contributed by atoms with Crippen LogP contribution < -0.4 is 0 Å². The van der Waals surface area contributed by atoms with E-state index in [-0.39, 0.29) is 12.2 Å². The second kappa shape index (κ2) is 7.62. The number of hydrogen-bond donors (Lipinski definition) is 1. The Bertz CT molecular complexity index is 300. The van der Waals surface area contributed by atoms with Gasteiger partial charge in [-0.1, -0.05) is 6.42 Å². The molecule has 0 saturated heterocycles. The van der Waals surface area contributed by atoms with Crippen LogP contribution in [0.3, 0.4) is 0 Å². The molecular formula is C10H21NO4S. The van der Waals surface area contributed by atoms with E-state index < -0.39 is 15.8 Å². The Morgan fingerprint density at radius 1 is 1.19 bits per heavy atom. The van der Waals surface area contributed by atoms with Gasteiger partial charge in [0.15, 0.2) is 0 Å². The molecule has 6 heteroatoms. The molecule has 5 nitrogen and oxygen atoms in total. The van der Waals surface area contributed by atoms with Gasteiger partial charge in [-0.15, -0.1) is 0 Å². The standard InChI is InChI=1S/C10H21NO4S/c1-11(8-9-16(2,14)15)7-5-3-4-6-10(12)13/h3-9H2,1-2H3,(H,12,13). The van der Waals surface area contributed by atoms with Crippen molar-refractivity contribution in [3.63, 3.8) is 0 Å². The van der Waals surface area contributed by atoms with Crippen molar-refractivity contribution in [3.8, 4) is 0 Å². The minimum atomic E-state index is -2.89. The monoisotopic (exact) mass is 251 g/mol. The van der Waals surface area contributed by atoms with Gasteiger partial charge in [-0.2, -0.15) is 0 Å². The Hall–Kier alpha value is -0.620. The predicted molar refractivity (Wildman–Crippen MR) is 63.3 cm³/mol. The van der Waals surface area contributed by atoms with Crippen molar-refractivity contribution in [2.24, 2.45) is 0 Å². The molecule has 0 fully saturated rings. The largest absolute Gasteiger partial charge is 0.481 e. The maximum atomic E-state index is 10.9. The van der Waals surface area contributed by atoms with E-state index >= 15 is 0 Å². The molecule has 0 aliphatic rings. The van der Waals surface area contributed by atoms with Gasteiger partial charge in [0, 0.05) is 19.2 Å². The summed E-state index contributed by atoms with van der Waals surface area (Å²) in [4.78, 5) is 12.2. The van der Waals surface area contributed by atoms with E-state index in [0.29, 0.717) is 13.0 Å². The average molecular weight is 251 g/mol. The Kier molecular flexibility index (Phi) is 7.33. The van der Waals surface area contributed by atoms with E-state index in [1.165, 1.54) is 6.26 Å². The minimum absolute atomic E-state index is 0.179. The van der Waals surface area contributed by atoms with Gasteiger partial charge < -0.3 is 10.0 Å². The summed E-state index contributed by atoms with van der Waals surface area (Å²) in [5.41, 5.74) is 0. The van der Waals surface area contributed by atoms with E-state index in [1.54, 1.807) is 0 Å². The van der Waals surface area contributed by atoms with Crippen molar-refractivity contribution in [2.45, 2.75) is 25.7 Å². The van der Waals surface area contributed by atoms with Crippen molar-refractivity contribution < 1.29 is 18.3 Å². The highest BCUT2D eigenvalue weighted by Crippen LogP contribution is 2.01. The van der Waals surface area contributed by atoms with Gasteiger partial charge in [0.1, 0.15) is 9.84 Å². The number of carboxylic acids is 1. The van der Waals surface area contributed by atoms with E-state index in [4.69, 9.17) is 5.11 Å². The van der Waals surface area contributed by atoms with Crippen molar-refractivity contribution in [1.29, 1.82) is 0 Å². The van der Waals surface area contributed by atoms with Gasteiger partial charge in [0.25, 0.3) is 0 Å². The molecule has 0 bridgehead atoms. The molecule has 0 heterocycles.